The Morgan fingerprint density at radius 1 is 1.16 bits per heavy atom. The van der Waals surface area contributed by atoms with Crippen LogP contribution >= 0.6 is 12.2 Å². The number of benzene rings is 1. The summed E-state index contributed by atoms with van der Waals surface area (Å²) in [7, 11) is 0. The maximum atomic E-state index is 5.93. The van der Waals surface area contributed by atoms with Gasteiger partial charge < -0.3 is 15.2 Å². The number of unbranched alkanes of at least 4 members (excludes halogenated alkanes) is 3. The van der Waals surface area contributed by atoms with E-state index in [2.05, 4.69) is 39.7 Å². The first-order valence-electron chi connectivity index (χ1n) is 11.8. The van der Waals surface area contributed by atoms with Gasteiger partial charge in [0.05, 0.1) is 13.2 Å². The van der Waals surface area contributed by atoms with Crippen molar-refractivity contribution in [2.45, 2.75) is 58.8 Å². The van der Waals surface area contributed by atoms with Gasteiger partial charge in [0.2, 0.25) is 0 Å². The first-order valence-corrected chi connectivity index (χ1v) is 12.2. The standard InChI is InChI=1S/C28H41NO2S/c1-6-28(5)16-15-24(19-26(28)21(2)3)22(4)20-30-17-9-7-8-10-18-31-25-13-11-23(12-14-25)27(29)32/h6,11-14,24,26H,1-2,4,7-10,15-20H2,3,5H3,(H2,29,32)/t24-,26+,28-/m1/s1. The lowest BCUT2D eigenvalue weighted by atomic mass is 9.61. The summed E-state index contributed by atoms with van der Waals surface area (Å²) in [4.78, 5) is 0.410. The molecule has 1 aliphatic carbocycles. The molecular formula is C28H41NO2S. The molecule has 2 N–H and O–H groups in total. The third kappa shape index (κ3) is 7.90. The van der Waals surface area contributed by atoms with Crippen LogP contribution in [-0.4, -0.2) is 24.8 Å². The van der Waals surface area contributed by atoms with E-state index >= 15 is 0 Å². The van der Waals surface area contributed by atoms with Gasteiger partial charge in [-0.15, -0.1) is 6.58 Å². The summed E-state index contributed by atoms with van der Waals surface area (Å²) in [6.07, 6.45) is 9.94. The second-order valence-electron chi connectivity index (χ2n) is 9.44. The maximum Gasteiger partial charge on any atom is 0.119 e. The summed E-state index contributed by atoms with van der Waals surface area (Å²) >= 11 is 4.96. The third-order valence-corrected chi connectivity index (χ3v) is 7.10. The maximum absolute atomic E-state index is 5.93. The van der Waals surface area contributed by atoms with Crippen LogP contribution in [0.25, 0.3) is 0 Å². The van der Waals surface area contributed by atoms with Crippen LogP contribution in [0.3, 0.4) is 0 Å². The Balaban J connectivity index is 1.54. The molecule has 0 heterocycles. The predicted molar refractivity (Wildman–Crippen MR) is 140 cm³/mol. The summed E-state index contributed by atoms with van der Waals surface area (Å²) in [5.41, 5.74) is 9.12. The molecule has 0 spiro atoms. The Kier molecular flexibility index (Phi) is 10.7. The zero-order valence-electron chi connectivity index (χ0n) is 20.0. The Morgan fingerprint density at radius 3 is 2.41 bits per heavy atom. The minimum absolute atomic E-state index is 0.161. The van der Waals surface area contributed by atoms with E-state index in [4.69, 9.17) is 27.4 Å². The van der Waals surface area contributed by atoms with Crippen molar-refractivity contribution in [1.29, 1.82) is 0 Å². The van der Waals surface area contributed by atoms with Gasteiger partial charge in [0.1, 0.15) is 10.7 Å². The van der Waals surface area contributed by atoms with Crippen LogP contribution in [0, 0.1) is 17.3 Å². The highest BCUT2D eigenvalue weighted by molar-refractivity contribution is 7.80. The highest BCUT2D eigenvalue weighted by atomic mass is 32.1. The Hall–Kier alpha value is -1.91. The lowest BCUT2D eigenvalue weighted by molar-refractivity contribution is 0.124. The lowest BCUT2D eigenvalue weighted by Crippen LogP contribution is -2.34. The SMILES string of the molecule is C=C[C@]1(C)CC[C@@H](C(=C)COCCCCCCOc2ccc(C(N)=S)cc2)C[C@H]1C(=C)C. The number of thiocarbonyl (C=S) groups is 1. The molecular weight excluding hydrogens is 414 g/mol. The zero-order chi connectivity index (χ0) is 23.6. The van der Waals surface area contributed by atoms with E-state index in [1.165, 1.54) is 11.1 Å². The second kappa shape index (κ2) is 13.0. The first-order chi connectivity index (χ1) is 15.3. The predicted octanol–water partition coefficient (Wildman–Crippen LogP) is 7.02. The van der Waals surface area contributed by atoms with Crippen molar-refractivity contribution in [1.82, 2.24) is 0 Å². The van der Waals surface area contributed by atoms with E-state index in [0.717, 1.165) is 69.5 Å². The molecule has 2 rings (SSSR count). The van der Waals surface area contributed by atoms with Gasteiger partial charge in [-0.2, -0.15) is 0 Å². The van der Waals surface area contributed by atoms with Crippen LogP contribution in [0.15, 0.2) is 61.2 Å². The summed E-state index contributed by atoms with van der Waals surface area (Å²) in [5.74, 6) is 1.86. The molecule has 0 amide bonds. The molecule has 0 bridgehead atoms. The molecule has 3 atom stereocenters. The van der Waals surface area contributed by atoms with Crippen molar-refractivity contribution in [2.24, 2.45) is 23.0 Å². The van der Waals surface area contributed by atoms with Gasteiger partial charge in [0.15, 0.2) is 0 Å². The largest absolute Gasteiger partial charge is 0.494 e. The fraction of sp³-hybridized carbons (Fsp3) is 0.536. The highest BCUT2D eigenvalue weighted by Gasteiger charge is 2.38. The Bertz CT molecular complexity index is 785. The van der Waals surface area contributed by atoms with E-state index in [1.807, 2.05) is 24.3 Å². The summed E-state index contributed by atoms with van der Waals surface area (Å²) in [6, 6.07) is 7.62. The van der Waals surface area contributed by atoms with Crippen LogP contribution in [0.5, 0.6) is 5.75 Å². The van der Waals surface area contributed by atoms with Crippen molar-refractivity contribution in [3.8, 4) is 5.75 Å². The van der Waals surface area contributed by atoms with Crippen molar-refractivity contribution >= 4 is 17.2 Å². The average molecular weight is 456 g/mol. The number of rotatable bonds is 14. The molecule has 1 aromatic carbocycles. The van der Waals surface area contributed by atoms with Crippen LogP contribution in [0.4, 0.5) is 0 Å². The minimum Gasteiger partial charge on any atom is -0.494 e. The van der Waals surface area contributed by atoms with E-state index in [9.17, 15) is 0 Å². The number of hydrogen-bond donors (Lipinski definition) is 1. The molecule has 0 unspecified atom stereocenters. The number of nitrogens with two attached hydrogens (primary N) is 1. The number of hydrogen-bond acceptors (Lipinski definition) is 3. The lowest BCUT2D eigenvalue weighted by Gasteiger charge is -2.43. The van der Waals surface area contributed by atoms with E-state index in [0.29, 0.717) is 23.4 Å². The average Bonchev–Trinajstić information content (AvgIpc) is 2.78. The molecule has 1 aromatic rings. The van der Waals surface area contributed by atoms with Crippen LogP contribution in [-0.2, 0) is 4.74 Å². The van der Waals surface area contributed by atoms with Gasteiger partial charge in [-0.25, -0.2) is 0 Å². The molecule has 0 aliphatic heterocycles. The fourth-order valence-corrected chi connectivity index (χ4v) is 4.73. The van der Waals surface area contributed by atoms with Gasteiger partial charge in [-0.3, -0.25) is 0 Å². The molecule has 3 nitrogen and oxygen atoms in total. The van der Waals surface area contributed by atoms with Crippen LogP contribution in [0.2, 0.25) is 0 Å². The molecule has 176 valence electrons. The fourth-order valence-electron chi connectivity index (χ4n) is 4.60. The summed E-state index contributed by atoms with van der Waals surface area (Å²) in [6.45, 7) is 19.3. The van der Waals surface area contributed by atoms with E-state index in [1.54, 1.807) is 0 Å². The first kappa shape index (κ1) is 26.3. The van der Waals surface area contributed by atoms with Crippen molar-refractivity contribution in [3.63, 3.8) is 0 Å². The smallest absolute Gasteiger partial charge is 0.119 e. The monoisotopic (exact) mass is 455 g/mol. The van der Waals surface area contributed by atoms with Crippen LogP contribution < -0.4 is 10.5 Å². The molecule has 1 aliphatic rings. The highest BCUT2D eigenvalue weighted by Crippen LogP contribution is 2.48. The molecule has 0 radical (unpaired) electrons. The molecule has 0 saturated heterocycles. The number of allylic oxidation sites excluding steroid dienone is 2. The molecule has 1 saturated carbocycles. The van der Waals surface area contributed by atoms with E-state index in [-0.39, 0.29) is 5.41 Å². The summed E-state index contributed by atoms with van der Waals surface area (Å²) in [5, 5.41) is 0. The third-order valence-electron chi connectivity index (χ3n) is 6.86. The Morgan fingerprint density at radius 2 is 1.81 bits per heavy atom. The molecule has 32 heavy (non-hydrogen) atoms. The summed E-state index contributed by atoms with van der Waals surface area (Å²) < 4.78 is 11.7. The molecule has 1 fully saturated rings. The Labute approximate surface area is 200 Å². The minimum atomic E-state index is 0.161. The van der Waals surface area contributed by atoms with Crippen molar-refractivity contribution in [2.75, 3.05) is 19.8 Å². The van der Waals surface area contributed by atoms with Crippen molar-refractivity contribution in [3.05, 3.63) is 66.8 Å². The second-order valence-corrected chi connectivity index (χ2v) is 9.88. The molecule has 0 aromatic heterocycles. The van der Waals surface area contributed by atoms with Gasteiger partial charge in [-0.1, -0.05) is 50.4 Å². The van der Waals surface area contributed by atoms with Gasteiger partial charge in [-0.05, 0) is 92.5 Å². The zero-order valence-corrected chi connectivity index (χ0v) is 20.9. The van der Waals surface area contributed by atoms with Gasteiger partial charge in [0.25, 0.3) is 0 Å². The van der Waals surface area contributed by atoms with Gasteiger partial charge in [0, 0.05) is 12.2 Å². The quantitative estimate of drug-likeness (QED) is 0.186. The van der Waals surface area contributed by atoms with Gasteiger partial charge >= 0.3 is 0 Å². The number of ether oxygens (including phenoxy) is 2. The van der Waals surface area contributed by atoms with E-state index < -0.39 is 0 Å². The normalized spacial score (nSPS) is 22.8. The van der Waals surface area contributed by atoms with Crippen LogP contribution in [0.1, 0.15) is 64.4 Å². The van der Waals surface area contributed by atoms with Crippen molar-refractivity contribution < 1.29 is 9.47 Å². The topological polar surface area (TPSA) is 44.5 Å². The molecule has 4 heteroatoms.